The fourth-order valence-corrected chi connectivity index (χ4v) is 1.47. The smallest absolute Gasteiger partial charge is 0.222 e. The summed E-state index contributed by atoms with van der Waals surface area (Å²) in [5, 5.41) is 0. The third-order valence-electron chi connectivity index (χ3n) is 2.32. The van der Waals surface area contributed by atoms with Crippen molar-refractivity contribution in [2.45, 2.75) is 19.3 Å². The average Bonchev–Trinajstić information content (AvgIpc) is 2.69. The molecule has 0 radical (unpaired) electrons. The van der Waals surface area contributed by atoms with E-state index >= 15 is 0 Å². The van der Waals surface area contributed by atoms with Gasteiger partial charge in [0.05, 0.1) is 0 Å². The molecule has 0 aromatic heterocycles. The molecule has 1 aliphatic rings. The zero-order valence-electron chi connectivity index (χ0n) is 7.13. The predicted octanol–water partition coefficient (Wildman–Crippen LogP) is 1.17. The molecule has 1 amide bonds. The van der Waals surface area contributed by atoms with E-state index in [1.54, 1.807) is 19.0 Å². The Labute approximate surface area is 73.4 Å². The van der Waals surface area contributed by atoms with Gasteiger partial charge in [-0.2, -0.15) is 12.6 Å². The third kappa shape index (κ3) is 2.12. The zero-order valence-corrected chi connectivity index (χ0v) is 8.03. The first kappa shape index (κ1) is 8.91. The lowest BCUT2D eigenvalue weighted by atomic mass is 10.1. The number of carbonyl (C=O) groups is 1. The van der Waals surface area contributed by atoms with E-state index in [0.717, 1.165) is 5.75 Å². The Kier molecular flexibility index (Phi) is 2.47. The van der Waals surface area contributed by atoms with Crippen LogP contribution in [0.15, 0.2) is 0 Å². The molecule has 0 saturated heterocycles. The highest BCUT2D eigenvalue weighted by Gasteiger charge is 2.43. The summed E-state index contributed by atoms with van der Waals surface area (Å²) in [6.07, 6.45) is 3.04. The fraction of sp³-hybridized carbons (Fsp3) is 0.875. The molecule has 1 aliphatic carbocycles. The van der Waals surface area contributed by atoms with Crippen LogP contribution in [0.4, 0.5) is 0 Å². The van der Waals surface area contributed by atoms with Gasteiger partial charge in [-0.15, -0.1) is 0 Å². The summed E-state index contributed by atoms with van der Waals surface area (Å²) in [5.74, 6) is 1.09. The van der Waals surface area contributed by atoms with Crippen molar-refractivity contribution in [3.63, 3.8) is 0 Å². The second-order valence-electron chi connectivity index (χ2n) is 3.62. The summed E-state index contributed by atoms with van der Waals surface area (Å²) in [4.78, 5) is 12.9. The van der Waals surface area contributed by atoms with Gasteiger partial charge in [0.1, 0.15) is 0 Å². The van der Waals surface area contributed by atoms with Gasteiger partial charge in [-0.1, -0.05) is 0 Å². The van der Waals surface area contributed by atoms with E-state index in [1.165, 1.54) is 12.8 Å². The molecular formula is C8H15NOS. The molecule has 0 N–H and O–H groups in total. The minimum atomic E-state index is 0.233. The Bertz CT molecular complexity index is 163. The minimum Gasteiger partial charge on any atom is -0.349 e. The van der Waals surface area contributed by atoms with Gasteiger partial charge in [0.15, 0.2) is 0 Å². The van der Waals surface area contributed by atoms with E-state index in [9.17, 15) is 4.79 Å². The highest BCUT2D eigenvalue weighted by molar-refractivity contribution is 7.80. The van der Waals surface area contributed by atoms with Crippen LogP contribution >= 0.6 is 12.6 Å². The van der Waals surface area contributed by atoms with Crippen molar-refractivity contribution in [2.75, 3.05) is 19.8 Å². The van der Waals surface area contributed by atoms with Crippen molar-refractivity contribution in [2.24, 2.45) is 5.41 Å². The molecule has 1 rings (SSSR count). The number of hydrogen-bond donors (Lipinski definition) is 1. The molecule has 0 unspecified atom stereocenters. The van der Waals surface area contributed by atoms with E-state index in [1.807, 2.05) is 0 Å². The maximum Gasteiger partial charge on any atom is 0.222 e. The van der Waals surface area contributed by atoms with Crippen molar-refractivity contribution >= 4 is 18.5 Å². The highest BCUT2D eigenvalue weighted by Crippen LogP contribution is 2.49. The Morgan fingerprint density at radius 1 is 1.55 bits per heavy atom. The van der Waals surface area contributed by atoms with Crippen LogP contribution in [0.3, 0.4) is 0 Å². The summed E-state index contributed by atoms with van der Waals surface area (Å²) >= 11 is 4.24. The lowest BCUT2D eigenvalue weighted by Gasteiger charge is -2.15. The van der Waals surface area contributed by atoms with Gasteiger partial charge in [0.2, 0.25) is 5.91 Å². The van der Waals surface area contributed by atoms with Crippen LogP contribution in [0.5, 0.6) is 0 Å². The molecule has 11 heavy (non-hydrogen) atoms. The first-order valence-corrected chi connectivity index (χ1v) is 4.54. The number of carbonyl (C=O) groups excluding carboxylic acids is 1. The lowest BCUT2D eigenvalue weighted by Crippen LogP contribution is -2.25. The molecule has 0 heterocycles. The van der Waals surface area contributed by atoms with Gasteiger partial charge in [0, 0.05) is 20.5 Å². The SMILES string of the molecule is CN(C)C(=O)CC1(CS)CC1. The van der Waals surface area contributed by atoms with Gasteiger partial charge in [0.25, 0.3) is 0 Å². The Morgan fingerprint density at radius 2 is 2.09 bits per heavy atom. The Morgan fingerprint density at radius 3 is 2.36 bits per heavy atom. The van der Waals surface area contributed by atoms with E-state index in [2.05, 4.69) is 12.6 Å². The molecule has 0 aromatic rings. The zero-order chi connectivity index (χ0) is 8.48. The largest absolute Gasteiger partial charge is 0.349 e. The normalized spacial score (nSPS) is 19.5. The van der Waals surface area contributed by atoms with Crippen molar-refractivity contribution < 1.29 is 4.79 Å². The molecule has 0 atom stereocenters. The van der Waals surface area contributed by atoms with Gasteiger partial charge < -0.3 is 4.90 Å². The molecule has 3 heteroatoms. The molecule has 2 nitrogen and oxygen atoms in total. The van der Waals surface area contributed by atoms with E-state index in [4.69, 9.17) is 0 Å². The maximum absolute atomic E-state index is 11.2. The molecule has 64 valence electrons. The summed E-state index contributed by atoms with van der Waals surface area (Å²) in [5.41, 5.74) is 0.268. The second kappa shape index (κ2) is 3.05. The molecule has 0 aliphatic heterocycles. The van der Waals surface area contributed by atoms with Crippen LogP contribution in [0.25, 0.3) is 0 Å². The van der Waals surface area contributed by atoms with E-state index in [0.29, 0.717) is 6.42 Å². The molecule has 1 saturated carbocycles. The maximum atomic E-state index is 11.2. The Balaban J connectivity index is 2.36. The second-order valence-corrected chi connectivity index (χ2v) is 3.94. The molecule has 0 spiro atoms. The van der Waals surface area contributed by atoms with Crippen molar-refractivity contribution in [3.05, 3.63) is 0 Å². The molecule has 1 fully saturated rings. The average molecular weight is 173 g/mol. The topological polar surface area (TPSA) is 20.3 Å². The van der Waals surface area contributed by atoms with Crippen LogP contribution in [-0.4, -0.2) is 30.7 Å². The third-order valence-corrected chi connectivity index (χ3v) is 2.99. The first-order chi connectivity index (χ1) is 5.09. The number of hydrogen-bond acceptors (Lipinski definition) is 2. The van der Waals surface area contributed by atoms with Crippen molar-refractivity contribution in [1.29, 1.82) is 0 Å². The number of rotatable bonds is 3. The summed E-state index contributed by atoms with van der Waals surface area (Å²) in [6.45, 7) is 0. The summed E-state index contributed by atoms with van der Waals surface area (Å²) < 4.78 is 0. The first-order valence-electron chi connectivity index (χ1n) is 3.91. The van der Waals surface area contributed by atoms with Crippen molar-refractivity contribution in [3.8, 4) is 0 Å². The fourth-order valence-electron chi connectivity index (χ4n) is 1.05. The number of nitrogens with zero attached hydrogens (tertiary/aromatic N) is 1. The summed E-state index contributed by atoms with van der Waals surface area (Å²) in [7, 11) is 3.61. The van der Waals surface area contributed by atoms with Crippen LogP contribution in [0.2, 0.25) is 0 Å². The van der Waals surface area contributed by atoms with E-state index in [-0.39, 0.29) is 11.3 Å². The quantitative estimate of drug-likeness (QED) is 0.635. The number of thiol groups is 1. The van der Waals surface area contributed by atoms with Crippen LogP contribution < -0.4 is 0 Å². The van der Waals surface area contributed by atoms with Crippen LogP contribution in [0.1, 0.15) is 19.3 Å². The van der Waals surface area contributed by atoms with Gasteiger partial charge in [-0.05, 0) is 24.0 Å². The monoisotopic (exact) mass is 173 g/mol. The molecule has 0 aromatic carbocycles. The van der Waals surface area contributed by atoms with Gasteiger partial charge in [-0.25, -0.2) is 0 Å². The standard InChI is InChI=1S/C8H15NOS/c1-9(2)7(10)5-8(6-11)3-4-8/h11H,3-6H2,1-2H3. The number of amides is 1. The van der Waals surface area contributed by atoms with Crippen LogP contribution in [-0.2, 0) is 4.79 Å². The van der Waals surface area contributed by atoms with Crippen molar-refractivity contribution in [1.82, 2.24) is 4.90 Å². The molecule has 0 bridgehead atoms. The summed E-state index contributed by atoms with van der Waals surface area (Å²) in [6, 6.07) is 0. The van der Waals surface area contributed by atoms with E-state index < -0.39 is 0 Å². The Hall–Kier alpha value is -0.180. The lowest BCUT2D eigenvalue weighted by molar-refractivity contribution is -0.129. The highest BCUT2D eigenvalue weighted by atomic mass is 32.1. The van der Waals surface area contributed by atoms with Crippen LogP contribution in [0, 0.1) is 5.41 Å². The minimum absolute atomic E-state index is 0.233. The van der Waals surface area contributed by atoms with Gasteiger partial charge >= 0.3 is 0 Å². The predicted molar refractivity (Wildman–Crippen MR) is 48.8 cm³/mol. The van der Waals surface area contributed by atoms with Gasteiger partial charge in [-0.3, -0.25) is 4.79 Å². The molecular weight excluding hydrogens is 158 g/mol.